The Balaban J connectivity index is 1.66. The molecule has 1 N–H and O–H groups in total. The molecule has 1 saturated carbocycles. The van der Waals surface area contributed by atoms with Crippen molar-refractivity contribution in [2.45, 2.75) is 76.9 Å². The van der Waals surface area contributed by atoms with Gasteiger partial charge in [0.05, 0.1) is 11.7 Å². The first kappa shape index (κ1) is 22.2. The van der Waals surface area contributed by atoms with Gasteiger partial charge in [0, 0.05) is 12.7 Å². The number of ether oxygens (including phenoxy) is 2. The molecule has 0 heterocycles. The predicted octanol–water partition coefficient (Wildman–Crippen LogP) is 5.24. The summed E-state index contributed by atoms with van der Waals surface area (Å²) in [4.78, 5) is 22.8. The van der Waals surface area contributed by atoms with Crippen LogP contribution in [0, 0.1) is 0 Å². The molecule has 0 saturated heterocycles. The third kappa shape index (κ3) is 8.26. The van der Waals surface area contributed by atoms with Gasteiger partial charge in [-0.25, -0.2) is 9.59 Å². The van der Waals surface area contributed by atoms with Crippen molar-refractivity contribution in [1.82, 2.24) is 0 Å². The second-order valence-electron chi connectivity index (χ2n) is 7.38. The number of unbranched alkanes of at least 4 members (excludes halogenated alkanes) is 4. The zero-order valence-electron chi connectivity index (χ0n) is 16.8. The molecule has 0 aliphatic heterocycles. The third-order valence-electron chi connectivity index (χ3n) is 5.06. The molecule has 0 unspecified atom stereocenters. The van der Waals surface area contributed by atoms with Gasteiger partial charge in [-0.1, -0.05) is 44.7 Å². The van der Waals surface area contributed by atoms with Gasteiger partial charge in [-0.3, -0.25) is 0 Å². The summed E-state index contributed by atoms with van der Waals surface area (Å²) in [6, 6.07) is 6.75. The van der Waals surface area contributed by atoms with E-state index < -0.39 is 5.97 Å². The van der Waals surface area contributed by atoms with E-state index >= 15 is 0 Å². The van der Waals surface area contributed by atoms with Crippen LogP contribution in [0.25, 0.3) is 6.08 Å². The minimum atomic E-state index is -1.00. The molecule has 28 heavy (non-hydrogen) atoms. The first-order valence-corrected chi connectivity index (χ1v) is 10.4. The molecule has 0 atom stereocenters. The molecule has 0 bridgehead atoms. The summed E-state index contributed by atoms with van der Waals surface area (Å²) in [6.07, 6.45) is 12.6. The molecule has 5 nitrogen and oxygen atoms in total. The van der Waals surface area contributed by atoms with Gasteiger partial charge in [0.2, 0.25) is 0 Å². The van der Waals surface area contributed by atoms with E-state index in [9.17, 15) is 9.59 Å². The van der Waals surface area contributed by atoms with Crippen LogP contribution in [0.1, 0.15) is 80.6 Å². The van der Waals surface area contributed by atoms with Crippen LogP contribution >= 0.6 is 0 Å². The first-order valence-electron chi connectivity index (χ1n) is 10.4. The number of hydrogen-bond acceptors (Lipinski definition) is 4. The number of carboxylic acid groups (broad SMARTS) is 1. The van der Waals surface area contributed by atoms with Crippen LogP contribution in [0.3, 0.4) is 0 Å². The van der Waals surface area contributed by atoms with Crippen molar-refractivity contribution in [3.63, 3.8) is 0 Å². The number of carbonyl (C=O) groups is 2. The summed E-state index contributed by atoms with van der Waals surface area (Å²) in [5.41, 5.74) is 1.21. The van der Waals surface area contributed by atoms with Crippen molar-refractivity contribution in [3.05, 3.63) is 41.5 Å². The van der Waals surface area contributed by atoms with Gasteiger partial charge in [0.15, 0.2) is 0 Å². The highest BCUT2D eigenvalue weighted by Gasteiger charge is 2.24. The largest absolute Gasteiger partial charge is 0.478 e. The number of esters is 1. The number of carboxylic acids is 1. The Bertz CT molecular complexity index is 627. The zero-order valence-corrected chi connectivity index (χ0v) is 16.8. The van der Waals surface area contributed by atoms with Gasteiger partial charge in [-0.05, 0) is 55.9 Å². The lowest BCUT2D eigenvalue weighted by Crippen LogP contribution is -2.28. The third-order valence-corrected chi connectivity index (χ3v) is 5.06. The fourth-order valence-corrected chi connectivity index (χ4v) is 3.39. The van der Waals surface area contributed by atoms with E-state index in [0.29, 0.717) is 11.7 Å². The number of rotatable bonds is 11. The van der Waals surface area contributed by atoms with E-state index in [1.54, 1.807) is 24.3 Å². The molecule has 1 aromatic rings. The molecule has 0 spiro atoms. The minimum absolute atomic E-state index is 0.0523. The standard InChI is InChI=1S/C23H32O5/c1-2-3-4-5-6-17-27-20-12-14-21(15-13-20)28-23(26)19-10-7-18(8-11-19)9-16-22(24)25/h7-11,16,20-21H,2-6,12-15,17H2,1H3,(H,24,25). The van der Waals surface area contributed by atoms with Crippen LogP contribution in [0.2, 0.25) is 0 Å². The Morgan fingerprint density at radius 1 is 1.00 bits per heavy atom. The van der Waals surface area contributed by atoms with Crippen molar-refractivity contribution >= 4 is 18.0 Å². The van der Waals surface area contributed by atoms with Crippen LogP contribution in [0.5, 0.6) is 0 Å². The molecule has 0 amide bonds. The highest BCUT2D eigenvalue weighted by molar-refractivity contribution is 5.90. The maximum atomic E-state index is 12.3. The van der Waals surface area contributed by atoms with E-state index in [1.807, 2.05) is 0 Å². The second kappa shape index (κ2) is 12.3. The fraction of sp³-hybridized carbons (Fsp3) is 0.565. The molecule has 1 fully saturated rings. The molecule has 1 aromatic carbocycles. The molecular weight excluding hydrogens is 356 g/mol. The van der Waals surface area contributed by atoms with Crippen molar-refractivity contribution in [1.29, 1.82) is 0 Å². The molecule has 1 aliphatic carbocycles. The van der Waals surface area contributed by atoms with Crippen LogP contribution < -0.4 is 0 Å². The van der Waals surface area contributed by atoms with Gasteiger partial charge in [-0.15, -0.1) is 0 Å². The van der Waals surface area contributed by atoms with Crippen LogP contribution in [-0.4, -0.2) is 35.9 Å². The van der Waals surface area contributed by atoms with E-state index in [1.165, 1.54) is 31.8 Å². The maximum absolute atomic E-state index is 12.3. The molecule has 5 heteroatoms. The van der Waals surface area contributed by atoms with Crippen molar-refractivity contribution in [2.24, 2.45) is 0 Å². The second-order valence-corrected chi connectivity index (χ2v) is 7.38. The molecule has 0 radical (unpaired) electrons. The lowest BCUT2D eigenvalue weighted by molar-refractivity contribution is -0.131. The summed E-state index contributed by atoms with van der Waals surface area (Å²) in [7, 11) is 0. The van der Waals surface area contributed by atoms with Crippen molar-refractivity contribution in [3.8, 4) is 0 Å². The Labute approximate surface area is 167 Å². The summed E-state index contributed by atoms with van der Waals surface area (Å²) in [5, 5.41) is 8.64. The van der Waals surface area contributed by atoms with Crippen molar-refractivity contribution in [2.75, 3.05) is 6.61 Å². The number of aliphatic carboxylic acids is 1. The molecule has 154 valence electrons. The predicted molar refractivity (Wildman–Crippen MR) is 109 cm³/mol. The minimum Gasteiger partial charge on any atom is -0.478 e. The average Bonchev–Trinajstić information content (AvgIpc) is 2.70. The Kier molecular flexibility index (Phi) is 9.77. The van der Waals surface area contributed by atoms with Gasteiger partial charge < -0.3 is 14.6 Å². The topological polar surface area (TPSA) is 72.8 Å². The van der Waals surface area contributed by atoms with Gasteiger partial charge in [0.1, 0.15) is 6.10 Å². The molecular formula is C23H32O5. The monoisotopic (exact) mass is 388 g/mol. The van der Waals surface area contributed by atoms with Gasteiger partial charge >= 0.3 is 11.9 Å². The normalized spacial score (nSPS) is 19.6. The lowest BCUT2D eigenvalue weighted by Gasteiger charge is -2.28. The summed E-state index contributed by atoms with van der Waals surface area (Å²) < 4.78 is 11.6. The Morgan fingerprint density at radius 3 is 2.29 bits per heavy atom. The maximum Gasteiger partial charge on any atom is 0.338 e. The van der Waals surface area contributed by atoms with E-state index in [2.05, 4.69) is 6.92 Å². The Morgan fingerprint density at radius 2 is 1.64 bits per heavy atom. The fourth-order valence-electron chi connectivity index (χ4n) is 3.39. The zero-order chi connectivity index (χ0) is 20.2. The summed E-state index contributed by atoms with van der Waals surface area (Å²) in [5.74, 6) is -1.33. The molecule has 2 rings (SSSR count). The summed E-state index contributed by atoms with van der Waals surface area (Å²) >= 11 is 0. The van der Waals surface area contributed by atoms with Gasteiger partial charge in [-0.2, -0.15) is 0 Å². The SMILES string of the molecule is CCCCCCCOC1CCC(OC(=O)c2ccc(C=CC(=O)O)cc2)CC1. The first-order chi connectivity index (χ1) is 13.6. The van der Waals surface area contributed by atoms with Crippen molar-refractivity contribution < 1.29 is 24.2 Å². The highest BCUT2D eigenvalue weighted by Crippen LogP contribution is 2.24. The lowest BCUT2D eigenvalue weighted by atomic mass is 9.95. The number of carbonyl (C=O) groups excluding carboxylic acids is 1. The smallest absolute Gasteiger partial charge is 0.338 e. The average molecular weight is 389 g/mol. The molecule has 0 aromatic heterocycles. The Hall–Kier alpha value is -2.14. The highest BCUT2D eigenvalue weighted by atomic mass is 16.5. The van der Waals surface area contributed by atoms with E-state index in [0.717, 1.165) is 50.4 Å². The van der Waals surface area contributed by atoms with E-state index in [4.69, 9.17) is 14.6 Å². The van der Waals surface area contributed by atoms with Gasteiger partial charge in [0.25, 0.3) is 0 Å². The van der Waals surface area contributed by atoms with Crippen LogP contribution in [-0.2, 0) is 14.3 Å². The van der Waals surface area contributed by atoms with Crippen LogP contribution in [0.4, 0.5) is 0 Å². The quantitative estimate of drug-likeness (QED) is 0.319. The number of benzene rings is 1. The van der Waals surface area contributed by atoms with Crippen LogP contribution in [0.15, 0.2) is 30.3 Å². The number of hydrogen-bond donors (Lipinski definition) is 1. The molecule has 1 aliphatic rings. The summed E-state index contributed by atoms with van der Waals surface area (Å²) in [6.45, 7) is 3.05. The van der Waals surface area contributed by atoms with E-state index in [-0.39, 0.29) is 12.1 Å².